The summed E-state index contributed by atoms with van der Waals surface area (Å²) in [5.41, 5.74) is 0.801. The number of fused-ring (bicyclic) bond motifs is 1. The minimum absolute atomic E-state index is 0.0124. The van der Waals surface area contributed by atoms with E-state index in [1.807, 2.05) is 50.2 Å². The summed E-state index contributed by atoms with van der Waals surface area (Å²) in [6.45, 7) is 4.27. The molecule has 1 unspecified atom stereocenters. The molecule has 1 atom stereocenters. The highest BCUT2D eigenvalue weighted by molar-refractivity contribution is 5.99. The summed E-state index contributed by atoms with van der Waals surface area (Å²) in [6.07, 6.45) is 1.86. The van der Waals surface area contributed by atoms with E-state index in [0.717, 1.165) is 5.56 Å². The number of rotatable bonds is 6. The summed E-state index contributed by atoms with van der Waals surface area (Å²) in [7, 11) is 0. The van der Waals surface area contributed by atoms with Gasteiger partial charge < -0.3 is 10.1 Å². The predicted molar refractivity (Wildman–Crippen MR) is 98.9 cm³/mol. The van der Waals surface area contributed by atoms with Crippen LogP contribution in [0.25, 0.3) is 0 Å². The lowest BCUT2D eigenvalue weighted by Gasteiger charge is -2.33. The number of aromatic nitrogens is 1. The van der Waals surface area contributed by atoms with E-state index in [1.165, 1.54) is 0 Å². The van der Waals surface area contributed by atoms with Gasteiger partial charge in [-0.3, -0.25) is 14.5 Å². The molecule has 0 fully saturated rings. The van der Waals surface area contributed by atoms with Crippen LogP contribution in [-0.4, -0.2) is 29.4 Å². The molecule has 0 radical (unpaired) electrons. The Balaban J connectivity index is 1.76. The van der Waals surface area contributed by atoms with Crippen LogP contribution in [0.15, 0.2) is 48.7 Å². The second-order valence-corrected chi connectivity index (χ2v) is 6.55. The van der Waals surface area contributed by atoms with Crippen LogP contribution in [0.1, 0.15) is 38.4 Å². The monoisotopic (exact) mass is 353 g/mol. The molecule has 2 aromatic rings. The highest BCUT2D eigenvalue weighted by Crippen LogP contribution is 2.37. The molecular weight excluding hydrogens is 330 g/mol. The summed E-state index contributed by atoms with van der Waals surface area (Å²) in [5, 5.41) is 2.86. The molecule has 1 N–H and O–H groups in total. The molecule has 0 saturated carbocycles. The Kier molecular flexibility index (Phi) is 5.51. The molecule has 1 aromatic heterocycles. The van der Waals surface area contributed by atoms with E-state index in [4.69, 9.17) is 4.74 Å². The fraction of sp³-hybridized carbons (Fsp3) is 0.350. The zero-order valence-electron chi connectivity index (χ0n) is 15.0. The van der Waals surface area contributed by atoms with E-state index in [0.29, 0.717) is 31.0 Å². The summed E-state index contributed by atoms with van der Waals surface area (Å²) in [5.74, 6) is 0.912. The Labute approximate surface area is 153 Å². The van der Waals surface area contributed by atoms with Gasteiger partial charge in [0.05, 0.1) is 0 Å². The van der Waals surface area contributed by atoms with Gasteiger partial charge in [0.2, 0.25) is 12.0 Å². The first-order chi connectivity index (χ1) is 12.6. The number of benzene rings is 1. The first kappa shape index (κ1) is 17.9. The van der Waals surface area contributed by atoms with E-state index < -0.39 is 6.10 Å². The van der Waals surface area contributed by atoms with Crippen molar-refractivity contribution in [3.8, 4) is 5.75 Å². The van der Waals surface area contributed by atoms with Crippen molar-refractivity contribution < 1.29 is 14.3 Å². The molecule has 1 aromatic carbocycles. The van der Waals surface area contributed by atoms with Crippen molar-refractivity contribution in [2.75, 3.05) is 11.4 Å². The molecule has 2 amide bonds. The molecule has 0 bridgehead atoms. The Morgan fingerprint density at radius 1 is 1.23 bits per heavy atom. The van der Waals surface area contributed by atoms with Crippen LogP contribution >= 0.6 is 0 Å². The molecule has 6 nitrogen and oxygen atoms in total. The molecule has 3 rings (SSSR count). The molecule has 136 valence electrons. The third-order valence-electron chi connectivity index (χ3n) is 4.08. The van der Waals surface area contributed by atoms with Gasteiger partial charge in [0.15, 0.2) is 11.6 Å². The molecule has 6 heteroatoms. The van der Waals surface area contributed by atoms with Crippen LogP contribution in [0.5, 0.6) is 5.75 Å². The maximum atomic E-state index is 13.0. The zero-order chi connectivity index (χ0) is 18.5. The van der Waals surface area contributed by atoms with Crippen molar-refractivity contribution >= 4 is 17.6 Å². The van der Waals surface area contributed by atoms with Crippen LogP contribution in [0.4, 0.5) is 5.82 Å². The number of nitrogens with one attached hydrogen (secondary N) is 1. The van der Waals surface area contributed by atoms with Gasteiger partial charge in [-0.1, -0.05) is 30.3 Å². The highest BCUT2D eigenvalue weighted by Gasteiger charge is 2.36. The average molecular weight is 353 g/mol. The normalized spacial score (nSPS) is 16.2. The van der Waals surface area contributed by atoms with Gasteiger partial charge in [0, 0.05) is 30.8 Å². The standard InChI is InChI=1S/C20H23N3O3/c1-14(2)22-17(24)11-7-13-23-19-16(10-6-12-21-19)26-18(20(23)25)15-8-4-3-5-9-15/h3-6,8-10,12,14,18H,7,11,13H2,1-2H3,(H,22,24). The minimum atomic E-state index is -0.697. The maximum Gasteiger partial charge on any atom is 0.274 e. The fourth-order valence-electron chi connectivity index (χ4n) is 2.95. The lowest BCUT2D eigenvalue weighted by Crippen LogP contribution is -2.42. The van der Waals surface area contributed by atoms with E-state index in [9.17, 15) is 9.59 Å². The number of hydrogen-bond donors (Lipinski definition) is 1. The lowest BCUT2D eigenvalue weighted by molar-refractivity contribution is -0.127. The predicted octanol–water partition coefficient (Wildman–Crippen LogP) is 2.85. The van der Waals surface area contributed by atoms with Crippen molar-refractivity contribution in [2.45, 2.75) is 38.8 Å². The number of ether oxygens (including phenoxy) is 1. The number of nitrogens with zero attached hydrogens (tertiary/aromatic N) is 2. The Morgan fingerprint density at radius 2 is 2.00 bits per heavy atom. The molecule has 0 spiro atoms. The second-order valence-electron chi connectivity index (χ2n) is 6.55. The Morgan fingerprint density at radius 3 is 2.73 bits per heavy atom. The summed E-state index contributed by atoms with van der Waals surface area (Å²) < 4.78 is 5.91. The Hall–Kier alpha value is -2.89. The van der Waals surface area contributed by atoms with Crippen LogP contribution in [-0.2, 0) is 9.59 Å². The van der Waals surface area contributed by atoms with Crippen LogP contribution in [0, 0.1) is 0 Å². The van der Waals surface area contributed by atoms with Crippen LogP contribution in [0.2, 0.25) is 0 Å². The molecule has 1 aliphatic rings. The van der Waals surface area contributed by atoms with Crippen molar-refractivity contribution in [3.05, 3.63) is 54.2 Å². The smallest absolute Gasteiger partial charge is 0.274 e. The first-order valence-electron chi connectivity index (χ1n) is 8.83. The average Bonchev–Trinajstić information content (AvgIpc) is 2.63. The summed E-state index contributed by atoms with van der Waals surface area (Å²) >= 11 is 0. The van der Waals surface area contributed by atoms with Crippen molar-refractivity contribution in [3.63, 3.8) is 0 Å². The van der Waals surface area contributed by atoms with E-state index in [1.54, 1.807) is 17.2 Å². The number of anilines is 1. The van der Waals surface area contributed by atoms with Gasteiger partial charge in [0.1, 0.15) is 0 Å². The van der Waals surface area contributed by atoms with Gasteiger partial charge in [-0.05, 0) is 32.4 Å². The van der Waals surface area contributed by atoms with Crippen molar-refractivity contribution in [2.24, 2.45) is 0 Å². The fourth-order valence-corrected chi connectivity index (χ4v) is 2.95. The number of hydrogen-bond acceptors (Lipinski definition) is 4. The molecule has 0 saturated heterocycles. The minimum Gasteiger partial charge on any atom is -0.472 e. The highest BCUT2D eigenvalue weighted by atomic mass is 16.5. The number of carbonyl (C=O) groups excluding carboxylic acids is 2. The van der Waals surface area contributed by atoms with Gasteiger partial charge in [0.25, 0.3) is 5.91 Å². The van der Waals surface area contributed by atoms with E-state index in [-0.39, 0.29) is 17.9 Å². The number of pyridine rings is 1. The van der Waals surface area contributed by atoms with Gasteiger partial charge in [-0.25, -0.2) is 4.98 Å². The van der Waals surface area contributed by atoms with Gasteiger partial charge in [-0.15, -0.1) is 0 Å². The molecule has 2 heterocycles. The molecule has 1 aliphatic heterocycles. The van der Waals surface area contributed by atoms with Crippen molar-refractivity contribution in [1.29, 1.82) is 0 Å². The van der Waals surface area contributed by atoms with Gasteiger partial charge in [-0.2, -0.15) is 0 Å². The molecule has 0 aliphatic carbocycles. The summed E-state index contributed by atoms with van der Waals surface area (Å²) in [4.78, 5) is 30.8. The van der Waals surface area contributed by atoms with Crippen LogP contribution < -0.4 is 15.0 Å². The topological polar surface area (TPSA) is 71.5 Å². The lowest BCUT2D eigenvalue weighted by atomic mass is 10.1. The molecular formula is C20H23N3O3. The van der Waals surface area contributed by atoms with E-state index in [2.05, 4.69) is 10.3 Å². The summed E-state index contributed by atoms with van der Waals surface area (Å²) in [6, 6.07) is 13.1. The maximum absolute atomic E-state index is 13.0. The quantitative estimate of drug-likeness (QED) is 0.867. The number of carbonyl (C=O) groups is 2. The molecule has 26 heavy (non-hydrogen) atoms. The van der Waals surface area contributed by atoms with E-state index >= 15 is 0 Å². The van der Waals surface area contributed by atoms with Crippen molar-refractivity contribution in [1.82, 2.24) is 10.3 Å². The third-order valence-corrected chi connectivity index (χ3v) is 4.08. The third kappa shape index (κ3) is 4.02. The van der Waals surface area contributed by atoms with Crippen LogP contribution in [0.3, 0.4) is 0 Å². The van der Waals surface area contributed by atoms with Gasteiger partial charge >= 0.3 is 0 Å². The first-order valence-corrected chi connectivity index (χ1v) is 8.83. The number of amides is 2. The zero-order valence-corrected chi connectivity index (χ0v) is 15.0. The largest absolute Gasteiger partial charge is 0.472 e. The second kappa shape index (κ2) is 7.99. The SMILES string of the molecule is CC(C)NC(=O)CCCN1C(=O)C(c2ccccc2)Oc2cccnc21. The Bertz CT molecular complexity index is 777.